The quantitative estimate of drug-likeness (QED) is 0.155. The monoisotopic (exact) mass is 870 g/mol. The van der Waals surface area contributed by atoms with Gasteiger partial charge in [-0.3, -0.25) is 29.3 Å². The van der Waals surface area contributed by atoms with Crippen molar-refractivity contribution in [2.45, 2.75) is 96.5 Å². The Morgan fingerprint density at radius 2 is 1.92 bits per heavy atom. The Morgan fingerprint density at radius 1 is 1.13 bits per heavy atom. The molecule has 4 aromatic rings. The van der Waals surface area contributed by atoms with Gasteiger partial charge in [0.1, 0.15) is 18.2 Å². The highest BCUT2D eigenvalue weighted by molar-refractivity contribution is 7.10. The maximum absolute atomic E-state index is 14.3. The number of ether oxygens (including phenoxy) is 2. The first-order valence-electron chi connectivity index (χ1n) is 22.7. The van der Waals surface area contributed by atoms with Crippen molar-refractivity contribution in [3.63, 3.8) is 0 Å². The van der Waals surface area contributed by atoms with E-state index in [4.69, 9.17) is 19.4 Å². The Bertz CT molecular complexity index is 2600. The molecule has 330 valence electrons. The number of aromatic nitrogens is 3. The van der Waals surface area contributed by atoms with E-state index in [1.54, 1.807) is 7.11 Å². The molecule has 6 aliphatic rings. The number of nitrogens with zero attached hydrogens (tertiary/aromatic N) is 6. The number of benzene rings is 1. The zero-order valence-electron chi connectivity index (χ0n) is 37.3. The summed E-state index contributed by atoms with van der Waals surface area (Å²) in [6.07, 6.45) is 4.66. The molecule has 3 aromatic heterocycles. The van der Waals surface area contributed by atoms with Gasteiger partial charge in [-0.1, -0.05) is 44.8 Å². The third-order valence-electron chi connectivity index (χ3n) is 14.6. The molecule has 2 amide bonds. The Balaban J connectivity index is 1.10. The van der Waals surface area contributed by atoms with Crippen LogP contribution < -0.4 is 10.7 Å². The van der Waals surface area contributed by atoms with Crippen LogP contribution in [0.2, 0.25) is 0 Å². The SMILES string of the molecule is C=C1C(C(=O)N[C@H]2Cc3nc(cs3)-c3cc4c5c(c3)c3c(n5CCC4)-c4cc(C#C[C@@H](C)N5CCN(C)CC5)cnc4[C@@H](OC)C3C(C)(C)COC(=O)[C@@H]3CCCN(N3)C2=O)[C@H]1C. The summed E-state index contributed by atoms with van der Waals surface area (Å²) in [5, 5.41) is 8.47. The Hall–Kier alpha value is -4.91. The van der Waals surface area contributed by atoms with Gasteiger partial charge < -0.3 is 24.3 Å². The van der Waals surface area contributed by atoms with E-state index in [1.165, 1.54) is 27.4 Å². The van der Waals surface area contributed by atoms with E-state index in [0.29, 0.717) is 19.4 Å². The number of carbonyl (C=O) groups excluding carboxylic acids is 3. The van der Waals surface area contributed by atoms with Crippen LogP contribution in [0.15, 0.2) is 41.9 Å². The molecule has 6 bridgehead atoms. The summed E-state index contributed by atoms with van der Waals surface area (Å²) < 4.78 is 15.3. The summed E-state index contributed by atoms with van der Waals surface area (Å²) in [5.41, 5.74) is 12.7. The van der Waals surface area contributed by atoms with Crippen LogP contribution >= 0.6 is 11.3 Å². The second-order valence-electron chi connectivity index (χ2n) is 19.3. The zero-order valence-corrected chi connectivity index (χ0v) is 38.1. The molecule has 10 rings (SSSR count). The number of thiazole rings is 1. The number of amides is 2. The van der Waals surface area contributed by atoms with Gasteiger partial charge in [0.25, 0.3) is 5.91 Å². The van der Waals surface area contributed by atoms with Gasteiger partial charge in [0.05, 0.1) is 46.2 Å². The third-order valence-corrected chi connectivity index (χ3v) is 15.5. The molecule has 2 saturated heterocycles. The van der Waals surface area contributed by atoms with Crippen molar-refractivity contribution >= 4 is 40.0 Å². The average molecular weight is 871 g/mol. The summed E-state index contributed by atoms with van der Waals surface area (Å²) in [4.78, 5) is 57.0. The fraction of sp³-hybridized carbons (Fsp3) is 0.531. The first kappa shape index (κ1) is 42.1. The molecule has 7 atom stereocenters. The molecule has 7 heterocycles. The molecule has 1 aromatic carbocycles. The summed E-state index contributed by atoms with van der Waals surface area (Å²) in [6.45, 7) is 17.9. The number of hydrazine groups is 1. The minimum atomic E-state index is -0.883. The molecule has 63 heavy (non-hydrogen) atoms. The lowest BCUT2D eigenvalue weighted by Gasteiger charge is -2.42. The highest BCUT2D eigenvalue weighted by atomic mass is 32.1. The van der Waals surface area contributed by atoms with E-state index < -0.39 is 29.6 Å². The Morgan fingerprint density at radius 3 is 2.68 bits per heavy atom. The van der Waals surface area contributed by atoms with Gasteiger partial charge in [-0.05, 0) is 74.9 Å². The molecule has 0 spiro atoms. The number of carbonyl (C=O) groups is 3. The number of aryl methyl sites for hydroxylation is 2. The number of hydrogen-bond donors (Lipinski definition) is 2. The lowest BCUT2D eigenvalue weighted by atomic mass is 9.67. The van der Waals surface area contributed by atoms with Gasteiger partial charge in [0.2, 0.25) is 5.91 Å². The minimum Gasteiger partial charge on any atom is -0.464 e. The van der Waals surface area contributed by atoms with Crippen molar-refractivity contribution in [3.05, 3.63) is 69.3 Å². The van der Waals surface area contributed by atoms with Crippen molar-refractivity contribution < 1.29 is 23.9 Å². The van der Waals surface area contributed by atoms with Crippen molar-refractivity contribution in [3.8, 4) is 34.4 Å². The third kappa shape index (κ3) is 7.49. The normalized spacial score (nSPS) is 27.5. The van der Waals surface area contributed by atoms with Crippen molar-refractivity contribution in [1.82, 2.24) is 40.1 Å². The van der Waals surface area contributed by atoms with E-state index in [1.807, 2.05) is 13.1 Å². The fourth-order valence-corrected chi connectivity index (χ4v) is 11.6. The summed E-state index contributed by atoms with van der Waals surface area (Å²) >= 11 is 1.49. The number of rotatable bonds is 4. The minimum absolute atomic E-state index is 0.0686. The molecule has 2 N–H and O–H groups in total. The van der Waals surface area contributed by atoms with Crippen molar-refractivity contribution in [2.24, 2.45) is 17.3 Å². The first-order chi connectivity index (χ1) is 30.3. The number of piperazine rings is 1. The number of methoxy groups -OCH3 is 1. The van der Waals surface area contributed by atoms with E-state index in [9.17, 15) is 14.4 Å². The maximum atomic E-state index is 14.3. The number of nitrogens with one attached hydrogen (secondary N) is 2. The van der Waals surface area contributed by atoms with E-state index in [-0.39, 0.29) is 48.6 Å². The van der Waals surface area contributed by atoms with Gasteiger partial charge in [0, 0.05) is 97.8 Å². The molecule has 1 saturated carbocycles. The predicted octanol–water partition coefficient (Wildman–Crippen LogP) is 5.47. The second kappa shape index (κ2) is 16.3. The molecule has 13 nitrogen and oxygen atoms in total. The van der Waals surface area contributed by atoms with Gasteiger partial charge in [-0.15, -0.1) is 11.3 Å². The lowest BCUT2D eigenvalue weighted by Crippen LogP contribution is -2.60. The van der Waals surface area contributed by atoms with Crippen molar-refractivity contribution in [2.75, 3.05) is 53.5 Å². The molecule has 14 heteroatoms. The standard InChI is InChI=1S/C49H58N8O5S/c1-27(55-18-16-54(6)17-19-55)12-13-30-20-34-42(50-24-30)45(61-7)41-40-33-22-32(21-31-10-8-14-56(43(31)33)44(34)40)37-25-63-38(51-37)23-36(52-46(58)39-28(2)29(39)3)47(59)57-15-9-11-35(53-57)48(60)62-26-49(41,4)5/h20-22,24-25,27,29,35-36,39,41,45,53H,2,8-11,14-19,23,26H2,1,3-7H3,(H,52,58)/t27-,29+,35+,36+,39?,41?,45+/m1/s1. The van der Waals surface area contributed by atoms with Gasteiger partial charge in [-0.2, -0.15) is 0 Å². The van der Waals surface area contributed by atoms with E-state index in [0.717, 1.165) is 101 Å². The van der Waals surface area contributed by atoms with Crippen LogP contribution in [0.5, 0.6) is 0 Å². The number of pyridine rings is 1. The molecular weight excluding hydrogens is 813 g/mol. The number of likely N-dealkylation sites (N-methyl/N-ethyl adjacent to an activating group) is 1. The van der Waals surface area contributed by atoms with Crippen LogP contribution in [0.1, 0.15) is 86.4 Å². The largest absolute Gasteiger partial charge is 0.464 e. The smallest absolute Gasteiger partial charge is 0.324 e. The van der Waals surface area contributed by atoms with Crippen LogP contribution in [-0.2, 0) is 43.2 Å². The highest BCUT2D eigenvalue weighted by Gasteiger charge is 2.49. The molecule has 4 aliphatic heterocycles. The predicted molar refractivity (Wildman–Crippen MR) is 243 cm³/mol. The van der Waals surface area contributed by atoms with Crippen molar-refractivity contribution in [1.29, 1.82) is 0 Å². The number of esters is 1. The molecule has 0 radical (unpaired) electrons. The second-order valence-corrected chi connectivity index (χ2v) is 20.2. The first-order valence-corrected chi connectivity index (χ1v) is 23.5. The van der Waals surface area contributed by atoms with E-state index >= 15 is 0 Å². The van der Waals surface area contributed by atoms with Gasteiger partial charge >= 0.3 is 5.97 Å². The summed E-state index contributed by atoms with van der Waals surface area (Å²) in [7, 11) is 3.92. The summed E-state index contributed by atoms with van der Waals surface area (Å²) in [6, 6.07) is 5.26. The number of cyclic esters (lactones) is 1. The fourth-order valence-electron chi connectivity index (χ4n) is 10.8. The Labute approximate surface area is 373 Å². The molecule has 2 unspecified atom stereocenters. The van der Waals surface area contributed by atoms with Crippen LogP contribution in [0.25, 0.3) is 33.4 Å². The van der Waals surface area contributed by atoms with E-state index in [2.05, 4.69) is 94.9 Å². The topological polar surface area (TPSA) is 134 Å². The average Bonchev–Trinajstić information content (AvgIpc) is 3.55. The van der Waals surface area contributed by atoms with Gasteiger partial charge in [-0.25, -0.2) is 10.4 Å². The van der Waals surface area contributed by atoms with Crippen LogP contribution in [-0.4, -0.2) is 119 Å². The lowest BCUT2D eigenvalue weighted by molar-refractivity contribution is -0.156. The Kier molecular flexibility index (Phi) is 10.9. The van der Waals surface area contributed by atoms with Gasteiger partial charge in [0.15, 0.2) is 0 Å². The van der Waals surface area contributed by atoms with Crippen LogP contribution in [0.3, 0.4) is 0 Å². The summed E-state index contributed by atoms with van der Waals surface area (Å²) in [5.74, 6) is 5.61. The highest BCUT2D eigenvalue weighted by Crippen LogP contribution is 2.58. The maximum Gasteiger partial charge on any atom is 0.324 e. The molecule has 3 fully saturated rings. The molecular formula is C49H58N8O5S. The van der Waals surface area contributed by atoms with Crippen LogP contribution in [0.4, 0.5) is 0 Å². The number of fused-ring (bicyclic) bond motifs is 9. The molecule has 2 aliphatic carbocycles. The number of hydrogen-bond acceptors (Lipinski definition) is 11. The zero-order chi connectivity index (χ0) is 43.9. The van der Waals surface area contributed by atoms with Crippen LogP contribution in [0, 0.1) is 29.1 Å².